The van der Waals surface area contributed by atoms with Gasteiger partial charge in [-0.1, -0.05) is 42.0 Å². The zero-order chi connectivity index (χ0) is 20.6. The van der Waals surface area contributed by atoms with Crippen molar-refractivity contribution in [3.63, 3.8) is 0 Å². The fourth-order valence-electron chi connectivity index (χ4n) is 2.88. The Morgan fingerprint density at radius 3 is 2.62 bits per heavy atom. The minimum Gasteiger partial charge on any atom is -0.466 e. The van der Waals surface area contributed by atoms with Crippen molar-refractivity contribution in [1.29, 1.82) is 0 Å². The van der Waals surface area contributed by atoms with Gasteiger partial charge in [0.1, 0.15) is 0 Å². The fourth-order valence-corrected chi connectivity index (χ4v) is 2.88. The van der Waals surface area contributed by atoms with Gasteiger partial charge in [-0.05, 0) is 32.4 Å². The number of hydrogen-bond donors (Lipinski definition) is 1. The summed E-state index contributed by atoms with van der Waals surface area (Å²) in [6.45, 7) is 4.53. The molecule has 0 fully saturated rings. The van der Waals surface area contributed by atoms with Crippen LogP contribution in [0, 0.1) is 6.92 Å². The van der Waals surface area contributed by atoms with E-state index in [1.165, 1.54) is 5.56 Å². The molecular formula is C23H24N2O4. The molecule has 3 rings (SSSR count). The van der Waals surface area contributed by atoms with Gasteiger partial charge in [0.15, 0.2) is 5.76 Å². The first kappa shape index (κ1) is 20.3. The molecular weight excluding hydrogens is 368 g/mol. The van der Waals surface area contributed by atoms with Crippen LogP contribution in [0.1, 0.15) is 35.7 Å². The number of benzene rings is 2. The number of ether oxygens (including phenoxy) is 1. The number of rotatable bonds is 8. The van der Waals surface area contributed by atoms with Crippen molar-refractivity contribution in [2.45, 2.75) is 26.7 Å². The van der Waals surface area contributed by atoms with Gasteiger partial charge in [-0.3, -0.25) is 9.59 Å². The Hall–Kier alpha value is -3.41. The third-order valence-corrected chi connectivity index (χ3v) is 4.39. The first-order valence-electron chi connectivity index (χ1n) is 9.64. The van der Waals surface area contributed by atoms with E-state index in [1.807, 2.05) is 37.3 Å². The number of nitrogens with zero attached hydrogens (tertiary/aromatic N) is 1. The number of hydrogen-bond acceptors (Lipinski definition) is 5. The van der Waals surface area contributed by atoms with E-state index < -0.39 is 0 Å². The molecule has 150 valence electrons. The van der Waals surface area contributed by atoms with Crippen molar-refractivity contribution < 1.29 is 18.7 Å². The molecule has 3 aromatic rings. The summed E-state index contributed by atoms with van der Waals surface area (Å²) < 4.78 is 10.8. The Balaban J connectivity index is 1.70. The van der Waals surface area contributed by atoms with E-state index in [0.717, 1.165) is 5.56 Å². The molecule has 1 N–H and O–H groups in total. The van der Waals surface area contributed by atoms with Crippen LogP contribution in [0.4, 0.5) is 0 Å². The maximum absolute atomic E-state index is 12.6. The van der Waals surface area contributed by atoms with Crippen LogP contribution >= 0.6 is 0 Å². The first-order chi connectivity index (χ1) is 14.1. The highest BCUT2D eigenvalue weighted by Gasteiger charge is 2.16. The predicted octanol–water partition coefficient (Wildman–Crippen LogP) is 4.39. The van der Waals surface area contributed by atoms with Crippen LogP contribution in [0.2, 0.25) is 0 Å². The van der Waals surface area contributed by atoms with Gasteiger partial charge in [-0.2, -0.15) is 0 Å². The Bertz CT molecular complexity index is 977. The molecule has 0 aliphatic heterocycles. The summed E-state index contributed by atoms with van der Waals surface area (Å²) in [6.07, 6.45) is 2.45. The van der Waals surface area contributed by atoms with Gasteiger partial charge in [0, 0.05) is 24.1 Å². The minimum atomic E-state index is -0.259. The van der Waals surface area contributed by atoms with Gasteiger partial charge in [0.05, 0.1) is 18.4 Å². The number of nitrogens with one attached hydrogen (secondary N) is 1. The van der Waals surface area contributed by atoms with Crippen LogP contribution < -0.4 is 5.32 Å². The Morgan fingerprint density at radius 2 is 1.86 bits per heavy atom. The van der Waals surface area contributed by atoms with E-state index in [-0.39, 0.29) is 18.3 Å². The number of aromatic nitrogens is 1. The largest absolute Gasteiger partial charge is 0.466 e. The second-order valence-electron chi connectivity index (χ2n) is 6.61. The average Bonchev–Trinajstić information content (AvgIpc) is 3.22. The lowest BCUT2D eigenvalue weighted by Gasteiger charge is -2.08. The van der Waals surface area contributed by atoms with Crippen molar-refractivity contribution in [2.75, 3.05) is 13.2 Å². The summed E-state index contributed by atoms with van der Waals surface area (Å²) in [6, 6.07) is 15.1. The molecule has 0 spiro atoms. The van der Waals surface area contributed by atoms with E-state index >= 15 is 0 Å². The highest BCUT2D eigenvalue weighted by Crippen LogP contribution is 2.28. The van der Waals surface area contributed by atoms with Gasteiger partial charge >= 0.3 is 5.97 Å². The molecule has 0 aliphatic carbocycles. The number of esters is 1. The van der Waals surface area contributed by atoms with Crippen LogP contribution in [-0.2, 0) is 9.53 Å². The maximum atomic E-state index is 12.6. The summed E-state index contributed by atoms with van der Waals surface area (Å²) >= 11 is 0. The highest BCUT2D eigenvalue weighted by atomic mass is 16.5. The van der Waals surface area contributed by atoms with Gasteiger partial charge < -0.3 is 14.5 Å². The van der Waals surface area contributed by atoms with E-state index in [1.54, 1.807) is 31.3 Å². The zero-order valence-electron chi connectivity index (χ0n) is 16.6. The highest BCUT2D eigenvalue weighted by molar-refractivity contribution is 6.00. The maximum Gasteiger partial charge on any atom is 0.305 e. The lowest BCUT2D eigenvalue weighted by molar-refractivity contribution is -0.143. The third kappa shape index (κ3) is 5.31. The van der Waals surface area contributed by atoms with E-state index in [0.29, 0.717) is 42.4 Å². The van der Waals surface area contributed by atoms with Crippen molar-refractivity contribution in [1.82, 2.24) is 10.3 Å². The first-order valence-corrected chi connectivity index (χ1v) is 9.64. The normalized spacial score (nSPS) is 10.6. The number of oxazole rings is 1. The molecule has 6 heteroatoms. The quantitative estimate of drug-likeness (QED) is 0.454. The molecule has 0 bridgehead atoms. The molecule has 1 amide bonds. The molecule has 6 nitrogen and oxygen atoms in total. The van der Waals surface area contributed by atoms with Crippen LogP contribution in [0.15, 0.2) is 59.1 Å². The third-order valence-electron chi connectivity index (χ3n) is 4.39. The van der Waals surface area contributed by atoms with E-state index in [4.69, 9.17) is 9.15 Å². The summed E-state index contributed by atoms with van der Waals surface area (Å²) in [4.78, 5) is 28.4. The number of carbonyl (C=O) groups excluding carboxylic acids is 2. The lowest BCUT2D eigenvalue weighted by atomic mass is 10.1. The van der Waals surface area contributed by atoms with Crippen LogP contribution in [-0.4, -0.2) is 30.0 Å². The molecule has 0 saturated heterocycles. The summed E-state index contributed by atoms with van der Waals surface area (Å²) in [5, 5.41) is 2.84. The summed E-state index contributed by atoms with van der Waals surface area (Å²) in [5.74, 6) is 0.535. The fraction of sp³-hybridized carbons (Fsp3) is 0.261. The Morgan fingerprint density at radius 1 is 1.10 bits per heavy atom. The second-order valence-corrected chi connectivity index (χ2v) is 6.61. The van der Waals surface area contributed by atoms with Gasteiger partial charge in [-0.15, -0.1) is 0 Å². The van der Waals surface area contributed by atoms with Crippen molar-refractivity contribution in [3.05, 3.63) is 65.9 Å². The van der Waals surface area contributed by atoms with Gasteiger partial charge in [0.2, 0.25) is 5.89 Å². The van der Waals surface area contributed by atoms with Crippen LogP contribution in [0.3, 0.4) is 0 Å². The molecule has 0 unspecified atom stereocenters. The standard InChI is InChI=1S/C23H24N2O4/c1-3-28-21(26)9-6-14-24-22(27)18-7-4-5-8-19(18)23-25-15-20(29-23)17-12-10-16(2)11-13-17/h4-5,7-8,10-13,15H,3,6,9,14H2,1-2H3,(H,24,27). The SMILES string of the molecule is CCOC(=O)CCCNC(=O)c1ccccc1-c1ncc(-c2ccc(C)cc2)o1. The molecule has 2 aromatic carbocycles. The number of carbonyl (C=O) groups is 2. The van der Waals surface area contributed by atoms with Gasteiger partial charge in [-0.25, -0.2) is 4.98 Å². The van der Waals surface area contributed by atoms with Gasteiger partial charge in [0.25, 0.3) is 5.91 Å². The Labute approximate surface area is 169 Å². The number of amides is 1. The zero-order valence-corrected chi connectivity index (χ0v) is 16.6. The smallest absolute Gasteiger partial charge is 0.305 e. The van der Waals surface area contributed by atoms with Crippen LogP contribution in [0.25, 0.3) is 22.8 Å². The van der Waals surface area contributed by atoms with Crippen molar-refractivity contribution >= 4 is 11.9 Å². The molecule has 0 aliphatic rings. The van der Waals surface area contributed by atoms with Crippen molar-refractivity contribution in [3.8, 4) is 22.8 Å². The molecule has 0 saturated carbocycles. The number of aryl methyl sites for hydroxylation is 1. The molecule has 1 aromatic heterocycles. The van der Waals surface area contributed by atoms with Crippen molar-refractivity contribution in [2.24, 2.45) is 0 Å². The molecule has 0 atom stereocenters. The summed E-state index contributed by atoms with van der Waals surface area (Å²) in [5.41, 5.74) is 3.18. The van der Waals surface area contributed by atoms with E-state index in [2.05, 4.69) is 10.3 Å². The monoisotopic (exact) mass is 392 g/mol. The predicted molar refractivity (Wildman–Crippen MR) is 110 cm³/mol. The van der Waals surface area contributed by atoms with Crippen LogP contribution in [0.5, 0.6) is 0 Å². The average molecular weight is 392 g/mol. The topological polar surface area (TPSA) is 81.4 Å². The molecule has 29 heavy (non-hydrogen) atoms. The second kappa shape index (κ2) is 9.68. The molecule has 1 heterocycles. The minimum absolute atomic E-state index is 0.237. The lowest BCUT2D eigenvalue weighted by Crippen LogP contribution is -2.25. The molecule has 0 radical (unpaired) electrons. The summed E-state index contributed by atoms with van der Waals surface area (Å²) in [7, 11) is 0. The van der Waals surface area contributed by atoms with E-state index in [9.17, 15) is 9.59 Å². The Kier molecular flexibility index (Phi) is 6.79.